The van der Waals surface area contributed by atoms with Crippen LogP contribution in [0.25, 0.3) is 17.0 Å². The van der Waals surface area contributed by atoms with Crippen molar-refractivity contribution in [2.24, 2.45) is 10.9 Å². The fraction of sp³-hybridized carbons (Fsp3) is 0.391. The molecule has 0 radical (unpaired) electrons. The minimum atomic E-state index is -0.849. The number of imidazole rings is 1. The number of allylic oxidation sites excluding steroid dienone is 1. The Morgan fingerprint density at radius 3 is 2.42 bits per heavy atom. The normalized spacial score (nSPS) is 18.9. The first-order chi connectivity index (χ1) is 13.8. The molecule has 0 saturated carbocycles. The van der Waals surface area contributed by atoms with Crippen molar-refractivity contribution in [1.29, 1.82) is 0 Å². The Bertz CT molecular complexity index is 1040. The van der Waals surface area contributed by atoms with Crippen LogP contribution in [0.4, 0.5) is 0 Å². The summed E-state index contributed by atoms with van der Waals surface area (Å²) in [6.07, 6.45) is 3.20. The van der Waals surface area contributed by atoms with Gasteiger partial charge in [0, 0.05) is 22.9 Å². The van der Waals surface area contributed by atoms with E-state index in [0.29, 0.717) is 34.8 Å². The lowest BCUT2D eigenvalue weighted by molar-refractivity contribution is -0.119. The van der Waals surface area contributed by atoms with Crippen molar-refractivity contribution in [2.75, 3.05) is 20.6 Å². The summed E-state index contributed by atoms with van der Waals surface area (Å²) in [6, 6.07) is 9.69. The minimum absolute atomic E-state index is 0. The van der Waals surface area contributed by atoms with Crippen LogP contribution in [0.1, 0.15) is 42.9 Å². The summed E-state index contributed by atoms with van der Waals surface area (Å²) in [5, 5.41) is 0. The summed E-state index contributed by atoms with van der Waals surface area (Å²) in [5.41, 5.74) is 2.38. The van der Waals surface area contributed by atoms with Crippen LogP contribution in [-0.4, -0.2) is 58.8 Å². The topological polar surface area (TPSA) is 78.4 Å². The highest BCUT2D eigenvalue weighted by Gasteiger charge is 2.45. The number of H-pyrrole nitrogens is 1. The van der Waals surface area contributed by atoms with Gasteiger partial charge in [0.15, 0.2) is 11.6 Å². The van der Waals surface area contributed by atoms with Crippen LogP contribution in [0.15, 0.2) is 40.9 Å². The van der Waals surface area contributed by atoms with Crippen LogP contribution in [-0.2, 0) is 4.79 Å². The van der Waals surface area contributed by atoms with Gasteiger partial charge in [-0.15, -0.1) is 24.8 Å². The van der Waals surface area contributed by atoms with Gasteiger partial charge in [-0.05, 0) is 47.3 Å². The summed E-state index contributed by atoms with van der Waals surface area (Å²) in [6.45, 7) is 4.46. The van der Waals surface area contributed by atoms with Crippen LogP contribution in [0.3, 0.4) is 0 Å². The summed E-state index contributed by atoms with van der Waals surface area (Å²) in [4.78, 5) is 41.1. The Morgan fingerprint density at radius 2 is 1.77 bits per heavy atom. The number of halogens is 2. The standard InChI is InChI=1S/C23H26N4O2.2ClH/c1-23(2)21(29)17-15(11-8-12-27(3)4)20(28)19-18(16(17)13-24-23)25-22(26-19)14-9-6-5-7-10-14;;/h5-7,9-10,13,15H,8,11-12H2,1-4H3,(H,25,26);2*1H. The molecule has 31 heavy (non-hydrogen) atoms. The number of benzene rings is 1. The molecule has 1 unspecified atom stereocenters. The molecule has 1 atom stereocenters. The van der Waals surface area contributed by atoms with Gasteiger partial charge in [-0.1, -0.05) is 30.3 Å². The van der Waals surface area contributed by atoms with E-state index in [1.54, 1.807) is 20.1 Å². The van der Waals surface area contributed by atoms with E-state index in [-0.39, 0.29) is 36.4 Å². The highest BCUT2D eigenvalue weighted by molar-refractivity contribution is 6.30. The summed E-state index contributed by atoms with van der Waals surface area (Å²) in [5.74, 6) is 0.0217. The zero-order valence-corrected chi connectivity index (χ0v) is 19.8. The maximum absolute atomic E-state index is 13.4. The largest absolute Gasteiger partial charge is 0.337 e. The van der Waals surface area contributed by atoms with Gasteiger partial charge < -0.3 is 9.88 Å². The van der Waals surface area contributed by atoms with Gasteiger partial charge in [-0.25, -0.2) is 4.98 Å². The lowest BCUT2D eigenvalue weighted by Crippen LogP contribution is -2.41. The first-order valence-corrected chi connectivity index (χ1v) is 9.98. The van der Waals surface area contributed by atoms with Gasteiger partial charge >= 0.3 is 0 Å². The molecule has 2 aliphatic rings. The molecule has 4 rings (SSSR count). The van der Waals surface area contributed by atoms with E-state index in [4.69, 9.17) is 0 Å². The van der Waals surface area contributed by atoms with E-state index in [1.807, 2.05) is 44.4 Å². The zero-order chi connectivity index (χ0) is 20.8. The second-order valence-corrected chi connectivity index (χ2v) is 8.51. The number of rotatable bonds is 5. The number of carbonyl (C=O) groups is 2. The van der Waals surface area contributed by atoms with Crippen molar-refractivity contribution < 1.29 is 9.59 Å². The molecule has 1 aromatic heterocycles. The van der Waals surface area contributed by atoms with Crippen LogP contribution in [0.5, 0.6) is 0 Å². The van der Waals surface area contributed by atoms with Crippen LogP contribution in [0.2, 0.25) is 0 Å². The molecule has 166 valence electrons. The summed E-state index contributed by atoms with van der Waals surface area (Å²) >= 11 is 0. The molecule has 1 aliphatic carbocycles. The number of carbonyl (C=O) groups excluding carboxylic acids is 2. The first kappa shape index (κ1) is 25.0. The van der Waals surface area contributed by atoms with Gasteiger partial charge in [-0.3, -0.25) is 14.6 Å². The number of aliphatic imine (C=N–C) groups is 1. The number of fused-ring (bicyclic) bond motifs is 2. The number of ketones is 2. The molecule has 1 aromatic carbocycles. The lowest BCUT2D eigenvalue weighted by atomic mass is 9.73. The van der Waals surface area contributed by atoms with Crippen molar-refractivity contribution in [2.45, 2.75) is 32.2 Å². The van der Waals surface area contributed by atoms with Gasteiger partial charge in [0.1, 0.15) is 17.1 Å². The van der Waals surface area contributed by atoms with E-state index >= 15 is 0 Å². The molecule has 6 nitrogen and oxygen atoms in total. The molecule has 0 spiro atoms. The molecule has 2 heterocycles. The molecular weight excluding hydrogens is 435 g/mol. The van der Waals surface area contributed by atoms with Crippen molar-refractivity contribution in [3.8, 4) is 11.4 Å². The van der Waals surface area contributed by atoms with Crippen LogP contribution < -0.4 is 0 Å². The molecule has 1 aliphatic heterocycles. The number of nitrogens with one attached hydrogen (secondary N) is 1. The summed E-state index contributed by atoms with van der Waals surface area (Å²) in [7, 11) is 4.01. The van der Waals surface area contributed by atoms with Gasteiger partial charge in [0.05, 0.1) is 11.6 Å². The SMILES string of the molecule is CN(C)CCCC1C(=O)c2nc(-c3ccccc3)[nH]c2C2=C1C(=O)C(C)(C)N=C2.Cl.Cl. The quantitative estimate of drug-likeness (QED) is 0.719. The third kappa shape index (κ3) is 4.52. The zero-order valence-electron chi connectivity index (χ0n) is 18.1. The average Bonchev–Trinajstić information content (AvgIpc) is 3.13. The predicted octanol–water partition coefficient (Wildman–Crippen LogP) is 4.26. The first-order valence-electron chi connectivity index (χ1n) is 9.98. The van der Waals surface area contributed by atoms with Crippen molar-refractivity contribution >= 4 is 48.2 Å². The third-order valence-corrected chi connectivity index (χ3v) is 5.62. The van der Waals surface area contributed by atoms with Gasteiger partial charge in [-0.2, -0.15) is 0 Å². The van der Waals surface area contributed by atoms with E-state index in [0.717, 1.165) is 18.5 Å². The van der Waals surface area contributed by atoms with Gasteiger partial charge in [0.25, 0.3) is 0 Å². The predicted molar refractivity (Wildman–Crippen MR) is 129 cm³/mol. The third-order valence-electron chi connectivity index (χ3n) is 5.62. The number of hydrogen-bond acceptors (Lipinski definition) is 5. The van der Waals surface area contributed by atoms with E-state index < -0.39 is 11.5 Å². The molecule has 2 aromatic rings. The average molecular weight is 463 g/mol. The minimum Gasteiger partial charge on any atom is -0.337 e. The Morgan fingerprint density at radius 1 is 1.10 bits per heavy atom. The maximum atomic E-state index is 13.4. The number of hydrogen-bond donors (Lipinski definition) is 1. The highest BCUT2D eigenvalue weighted by Crippen LogP contribution is 2.41. The second kappa shape index (κ2) is 9.47. The Labute approximate surface area is 195 Å². The van der Waals surface area contributed by atoms with E-state index in [2.05, 4.69) is 19.9 Å². The molecular formula is C23H28Cl2N4O2. The Hall–Kier alpha value is -2.28. The molecule has 1 N–H and O–H groups in total. The fourth-order valence-electron chi connectivity index (χ4n) is 4.01. The maximum Gasteiger partial charge on any atom is 0.191 e. The lowest BCUT2D eigenvalue weighted by Gasteiger charge is -2.32. The monoisotopic (exact) mass is 462 g/mol. The number of dihydropyridines is 1. The Kier molecular flexibility index (Phi) is 7.63. The molecule has 0 fully saturated rings. The molecule has 8 heteroatoms. The summed E-state index contributed by atoms with van der Waals surface area (Å²) < 4.78 is 0. The van der Waals surface area contributed by atoms with Crippen molar-refractivity contribution in [3.63, 3.8) is 0 Å². The van der Waals surface area contributed by atoms with Crippen LogP contribution in [0, 0.1) is 5.92 Å². The second-order valence-electron chi connectivity index (χ2n) is 8.51. The van der Waals surface area contributed by atoms with Crippen LogP contribution >= 0.6 is 24.8 Å². The molecule has 0 amide bonds. The number of aromatic amines is 1. The Balaban J connectivity index is 0.00000171. The van der Waals surface area contributed by atoms with Gasteiger partial charge in [0.2, 0.25) is 0 Å². The number of Topliss-reactive ketones (excluding diaryl/α,β-unsaturated/α-hetero) is 2. The fourth-order valence-corrected chi connectivity index (χ4v) is 4.01. The number of nitrogens with zero attached hydrogens (tertiary/aromatic N) is 3. The smallest absolute Gasteiger partial charge is 0.191 e. The number of aromatic nitrogens is 2. The van der Waals surface area contributed by atoms with E-state index in [9.17, 15) is 9.59 Å². The van der Waals surface area contributed by atoms with Crippen molar-refractivity contribution in [1.82, 2.24) is 14.9 Å². The molecule has 0 bridgehead atoms. The van der Waals surface area contributed by atoms with E-state index in [1.165, 1.54) is 0 Å². The highest BCUT2D eigenvalue weighted by atomic mass is 35.5. The molecule has 0 saturated heterocycles. The van der Waals surface area contributed by atoms with Crippen molar-refractivity contribution in [3.05, 3.63) is 47.3 Å².